The van der Waals surface area contributed by atoms with Gasteiger partial charge in [-0.3, -0.25) is 4.79 Å². The van der Waals surface area contributed by atoms with Crippen LogP contribution in [0.1, 0.15) is 36.8 Å². The van der Waals surface area contributed by atoms with Gasteiger partial charge in [0.2, 0.25) is 0 Å². The number of hydrogen-bond acceptors (Lipinski definition) is 3. The summed E-state index contributed by atoms with van der Waals surface area (Å²) < 4.78 is 0. The van der Waals surface area contributed by atoms with Crippen LogP contribution in [0.4, 0.5) is 0 Å². The molecule has 0 saturated heterocycles. The number of phenols is 1. The van der Waals surface area contributed by atoms with Gasteiger partial charge in [-0.25, -0.2) is 0 Å². The third-order valence-corrected chi connectivity index (χ3v) is 4.18. The van der Waals surface area contributed by atoms with Crippen LogP contribution in [0.2, 0.25) is 0 Å². The van der Waals surface area contributed by atoms with Crippen LogP contribution in [0.15, 0.2) is 18.2 Å². The van der Waals surface area contributed by atoms with Gasteiger partial charge in [0, 0.05) is 12.1 Å². The van der Waals surface area contributed by atoms with Crippen molar-refractivity contribution >= 4 is 5.97 Å². The van der Waals surface area contributed by atoms with Gasteiger partial charge in [-0.05, 0) is 38.3 Å². The highest BCUT2D eigenvalue weighted by Crippen LogP contribution is 2.30. The maximum absolute atomic E-state index is 11.2. The third kappa shape index (κ3) is 3.73. The van der Waals surface area contributed by atoms with Gasteiger partial charge in [0.1, 0.15) is 5.75 Å². The van der Waals surface area contributed by atoms with Gasteiger partial charge in [-0.2, -0.15) is 0 Å². The molecule has 0 spiro atoms. The van der Waals surface area contributed by atoms with Crippen LogP contribution in [0, 0.1) is 18.8 Å². The topological polar surface area (TPSA) is 69.6 Å². The van der Waals surface area contributed by atoms with E-state index in [1.54, 1.807) is 6.07 Å². The summed E-state index contributed by atoms with van der Waals surface area (Å²) in [6.45, 7) is 3.27. The first-order chi connectivity index (χ1) is 9.58. The largest absolute Gasteiger partial charge is 0.508 e. The van der Waals surface area contributed by atoms with Crippen molar-refractivity contribution in [3.8, 4) is 5.75 Å². The van der Waals surface area contributed by atoms with Crippen molar-refractivity contribution in [3.05, 3.63) is 29.3 Å². The second-order valence-corrected chi connectivity index (χ2v) is 5.75. The van der Waals surface area contributed by atoms with Crippen LogP contribution in [-0.2, 0) is 11.3 Å². The van der Waals surface area contributed by atoms with Crippen LogP contribution in [-0.4, -0.2) is 22.7 Å². The smallest absolute Gasteiger partial charge is 0.306 e. The molecule has 1 aromatic carbocycles. The van der Waals surface area contributed by atoms with Gasteiger partial charge < -0.3 is 15.5 Å². The zero-order chi connectivity index (χ0) is 14.5. The lowest BCUT2D eigenvalue weighted by atomic mass is 9.79. The fraction of sp³-hybridized carbons (Fsp3) is 0.562. The summed E-state index contributed by atoms with van der Waals surface area (Å²) in [6.07, 6.45) is 3.90. The number of carbonyl (C=O) groups is 1. The van der Waals surface area contributed by atoms with E-state index in [1.165, 1.54) is 0 Å². The summed E-state index contributed by atoms with van der Waals surface area (Å²) in [5.41, 5.74) is 1.98. The Hall–Kier alpha value is -1.55. The summed E-state index contributed by atoms with van der Waals surface area (Å²) in [5.74, 6) is -0.396. The highest BCUT2D eigenvalue weighted by atomic mass is 16.4. The van der Waals surface area contributed by atoms with E-state index < -0.39 is 5.97 Å². The zero-order valence-corrected chi connectivity index (χ0v) is 11.9. The van der Waals surface area contributed by atoms with Crippen LogP contribution < -0.4 is 5.32 Å². The summed E-state index contributed by atoms with van der Waals surface area (Å²) in [4.78, 5) is 11.2. The number of aromatic hydroxyl groups is 1. The number of rotatable bonds is 5. The molecule has 0 radical (unpaired) electrons. The average molecular weight is 277 g/mol. The van der Waals surface area contributed by atoms with Crippen LogP contribution in [0.3, 0.4) is 0 Å². The number of carboxylic acids is 1. The first-order valence-electron chi connectivity index (χ1n) is 7.30. The summed E-state index contributed by atoms with van der Waals surface area (Å²) >= 11 is 0. The molecule has 4 heteroatoms. The summed E-state index contributed by atoms with van der Waals surface area (Å²) in [5, 5.41) is 22.3. The molecule has 1 saturated carbocycles. The molecule has 0 bridgehead atoms. The Labute approximate surface area is 119 Å². The van der Waals surface area contributed by atoms with Gasteiger partial charge >= 0.3 is 5.97 Å². The second kappa shape index (κ2) is 6.75. The minimum Gasteiger partial charge on any atom is -0.508 e. The minimum atomic E-state index is -0.671. The Morgan fingerprint density at radius 3 is 2.85 bits per heavy atom. The molecule has 0 aromatic heterocycles. The average Bonchev–Trinajstić information content (AvgIpc) is 2.43. The fourth-order valence-electron chi connectivity index (χ4n) is 3.03. The molecule has 1 fully saturated rings. The van der Waals surface area contributed by atoms with Crippen molar-refractivity contribution in [3.63, 3.8) is 0 Å². The van der Waals surface area contributed by atoms with E-state index in [0.29, 0.717) is 18.8 Å². The number of phenolic OH excluding ortho intramolecular Hbond substituents is 1. The summed E-state index contributed by atoms with van der Waals surface area (Å²) in [7, 11) is 0. The molecule has 20 heavy (non-hydrogen) atoms. The van der Waals surface area contributed by atoms with Gasteiger partial charge in [0.15, 0.2) is 0 Å². The molecule has 3 N–H and O–H groups in total. The lowest BCUT2D eigenvalue weighted by Gasteiger charge is -2.28. The number of aliphatic carboxylic acids is 1. The van der Waals surface area contributed by atoms with Crippen molar-refractivity contribution < 1.29 is 15.0 Å². The Bertz CT molecular complexity index is 473. The Balaban J connectivity index is 1.88. The van der Waals surface area contributed by atoms with E-state index in [2.05, 4.69) is 5.32 Å². The molecule has 1 aliphatic rings. The molecular formula is C16H23NO3. The number of aryl methyl sites for hydroxylation is 1. The Kier molecular flexibility index (Phi) is 5.01. The molecule has 0 amide bonds. The van der Waals surface area contributed by atoms with Crippen molar-refractivity contribution in [2.24, 2.45) is 11.8 Å². The molecule has 1 aliphatic carbocycles. The number of carboxylic acid groups (broad SMARTS) is 1. The molecule has 0 heterocycles. The zero-order valence-electron chi connectivity index (χ0n) is 11.9. The monoisotopic (exact) mass is 277 g/mol. The standard InChI is InChI=1S/C16H23NO3/c1-11-6-7-15(18)13(8-11)10-17-9-12-4-2-3-5-14(12)16(19)20/h6-8,12,14,17-18H,2-5,9-10H2,1H3,(H,19,20). The lowest BCUT2D eigenvalue weighted by Crippen LogP contribution is -2.34. The predicted octanol–water partition coefficient (Wildman–Crippen LogP) is 2.68. The van der Waals surface area contributed by atoms with Gasteiger partial charge in [0.25, 0.3) is 0 Å². The van der Waals surface area contributed by atoms with Crippen molar-refractivity contribution in [2.45, 2.75) is 39.2 Å². The van der Waals surface area contributed by atoms with Crippen molar-refractivity contribution in [1.29, 1.82) is 0 Å². The first kappa shape index (κ1) is 14.9. The summed E-state index contributed by atoms with van der Waals surface area (Å²) in [6, 6.07) is 5.53. The van der Waals surface area contributed by atoms with E-state index in [0.717, 1.165) is 36.8 Å². The van der Waals surface area contributed by atoms with E-state index in [1.807, 2.05) is 19.1 Å². The van der Waals surface area contributed by atoms with E-state index in [4.69, 9.17) is 0 Å². The molecule has 2 unspecified atom stereocenters. The minimum absolute atomic E-state index is 0.202. The molecule has 2 rings (SSSR count). The predicted molar refractivity (Wildman–Crippen MR) is 77.6 cm³/mol. The van der Waals surface area contributed by atoms with E-state index in [9.17, 15) is 15.0 Å². The fourth-order valence-corrected chi connectivity index (χ4v) is 3.03. The van der Waals surface area contributed by atoms with E-state index >= 15 is 0 Å². The number of hydrogen-bond donors (Lipinski definition) is 3. The maximum Gasteiger partial charge on any atom is 0.306 e. The SMILES string of the molecule is Cc1ccc(O)c(CNCC2CCCCC2C(=O)O)c1. The number of nitrogens with one attached hydrogen (secondary N) is 1. The highest BCUT2D eigenvalue weighted by Gasteiger charge is 2.30. The van der Waals surface area contributed by atoms with Crippen molar-refractivity contribution in [1.82, 2.24) is 5.32 Å². The van der Waals surface area contributed by atoms with Gasteiger partial charge in [-0.1, -0.05) is 30.5 Å². The van der Waals surface area contributed by atoms with Crippen LogP contribution in [0.25, 0.3) is 0 Å². The highest BCUT2D eigenvalue weighted by molar-refractivity contribution is 5.70. The lowest BCUT2D eigenvalue weighted by molar-refractivity contribution is -0.144. The van der Waals surface area contributed by atoms with Gasteiger partial charge in [-0.15, -0.1) is 0 Å². The van der Waals surface area contributed by atoms with Crippen molar-refractivity contribution in [2.75, 3.05) is 6.54 Å². The van der Waals surface area contributed by atoms with Crippen LogP contribution in [0.5, 0.6) is 5.75 Å². The first-order valence-corrected chi connectivity index (χ1v) is 7.30. The quantitative estimate of drug-likeness (QED) is 0.774. The number of benzene rings is 1. The molecule has 0 aliphatic heterocycles. The van der Waals surface area contributed by atoms with Crippen LogP contribution >= 0.6 is 0 Å². The normalized spacial score (nSPS) is 22.6. The van der Waals surface area contributed by atoms with Gasteiger partial charge in [0.05, 0.1) is 5.92 Å². The Morgan fingerprint density at radius 2 is 2.10 bits per heavy atom. The molecule has 2 atom stereocenters. The second-order valence-electron chi connectivity index (χ2n) is 5.75. The molecule has 4 nitrogen and oxygen atoms in total. The van der Waals surface area contributed by atoms with E-state index in [-0.39, 0.29) is 11.8 Å². The third-order valence-electron chi connectivity index (χ3n) is 4.18. The molecule has 110 valence electrons. The molecular weight excluding hydrogens is 254 g/mol. The maximum atomic E-state index is 11.2. The molecule has 1 aromatic rings. The Morgan fingerprint density at radius 1 is 1.35 bits per heavy atom.